The molecule has 1 fully saturated rings. The lowest BCUT2D eigenvalue weighted by Gasteiger charge is -2.34. The van der Waals surface area contributed by atoms with Gasteiger partial charge >= 0.3 is 0 Å². The summed E-state index contributed by atoms with van der Waals surface area (Å²) in [5.74, 6) is 0.639. The van der Waals surface area contributed by atoms with Crippen molar-refractivity contribution in [3.63, 3.8) is 0 Å². The lowest BCUT2D eigenvalue weighted by molar-refractivity contribution is 0.103. The lowest BCUT2D eigenvalue weighted by Crippen LogP contribution is -2.44. The van der Waals surface area contributed by atoms with Gasteiger partial charge in [-0.15, -0.1) is 0 Å². The Morgan fingerprint density at radius 2 is 2.13 bits per heavy atom. The van der Waals surface area contributed by atoms with E-state index >= 15 is 0 Å². The molecule has 1 aliphatic heterocycles. The minimum atomic E-state index is 0.284. The molecule has 90 valence electrons. The van der Waals surface area contributed by atoms with Crippen LogP contribution in [0.4, 0.5) is 0 Å². The van der Waals surface area contributed by atoms with E-state index in [-0.39, 0.29) is 5.41 Å². The quantitative estimate of drug-likeness (QED) is 0.715. The number of nitrogens with zero attached hydrogens (tertiary/aromatic N) is 1. The summed E-state index contributed by atoms with van der Waals surface area (Å²) in [6.45, 7) is 10.3. The van der Waals surface area contributed by atoms with Crippen LogP contribution in [-0.2, 0) is 0 Å². The van der Waals surface area contributed by atoms with Crippen molar-refractivity contribution in [1.82, 2.24) is 10.2 Å². The second kappa shape index (κ2) is 5.28. The SMILES string of the molecule is CNCC(C)(C)CN1CCC(C)C1CO. The predicted molar refractivity (Wildman–Crippen MR) is 63.9 cm³/mol. The highest BCUT2D eigenvalue weighted by atomic mass is 16.3. The minimum Gasteiger partial charge on any atom is -0.395 e. The Morgan fingerprint density at radius 1 is 1.47 bits per heavy atom. The molecule has 2 atom stereocenters. The molecule has 1 rings (SSSR count). The highest BCUT2D eigenvalue weighted by Gasteiger charge is 2.33. The largest absolute Gasteiger partial charge is 0.395 e. The first-order chi connectivity index (χ1) is 7.00. The van der Waals surface area contributed by atoms with Crippen molar-refractivity contribution >= 4 is 0 Å². The van der Waals surface area contributed by atoms with Gasteiger partial charge in [0, 0.05) is 19.1 Å². The standard InChI is InChI=1S/C12H26N2O/c1-10-5-6-14(11(10)7-15)9-12(2,3)8-13-4/h10-11,13,15H,5-9H2,1-4H3. The monoisotopic (exact) mass is 214 g/mol. The summed E-state index contributed by atoms with van der Waals surface area (Å²) in [5, 5.41) is 12.6. The minimum absolute atomic E-state index is 0.284. The van der Waals surface area contributed by atoms with Crippen LogP contribution in [0.15, 0.2) is 0 Å². The first-order valence-electron chi connectivity index (χ1n) is 5.99. The number of aliphatic hydroxyl groups excluding tert-OH is 1. The molecule has 0 aromatic heterocycles. The molecule has 0 aliphatic carbocycles. The molecule has 1 aliphatic rings. The zero-order valence-corrected chi connectivity index (χ0v) is 10.6. The average Bonchev–Trinajstić information content (AvgIpc) is 2.45. The van der Waals surface area contributed by atoms with E-state index in [1.54, 1.807) is 0 Å². The van der Waals surface area contributed by atoms with Crippen molar-refractivity contribution in [1.29, 1.82) is 0 Å². The van der Waals surface area contributed by atoms with Gasteiger partial charge in [0.25, 0.3) is 0 Å². The van der Waals surface area contributed by atoms with Crippen molar-refractivity contribution in [2.45, 2.75) is 33.2 Å². The van der Waals surface area contributed by atoms with E-state index in [4.69, 9.17) is 0 Å². The van der Waals surface area contributed by atoms with Gasteiger partial charge in [0.15, 0.2) is 0 Å². The second-order valence-electron chi connectivity index (χ2n) is 5.68. The molecule has 2 unspecified atom stereocenters. The second-order valence-corrected chi connectivity index (χ2v) is 5.68. The molecule has 0 aromatic carbocycles. The molecule has 15 heavy (non-hydrogen) atoms. The van der Waals surface area contributed by atoms with Crippen LogP contribution in [0.3, 0.4) is 0 Å². The molecular weight excluding hydrogens is 188 g/mol. The van der Waals surface area contributed by atoms with Crippen molar-refractivity contribution in [2.24, 2.45) is 11.3 Å². The number of hydrogen-bond acceptors (Lipinski definition) is 3. The third kappa shape index (κ3) is 3.44. The maximum Gasteiger partial charge on any atom is 0.0589 e. The first kappa shape index (κ1) is 12.9. The van der Waals surface area contributed by atoms with Crippen LogP contribution in [0, 0.1) is 11.3 Å². The summed E-state index contributed by atoms with van der Waals surface area (Å²) in [6, 6.07) is 0.376. The zero-order chi connectivity index (χ0) is 11.5. The third-order valence-corrected chi connectivity index (χ3v) is 3.47. The molecule has 0 saturated carbocycles. The molecule has 2 N–H and O–H groups in total. The average molecular weight is 214 g/mol. The van der Waals surface area contributed by atoms with E-state index in [0.717, 1.165) is 19.6 Å². The summed E-state index contributed by atoms with van der Waals surface area (Å²) >= 11 is 0. The van der Waals surface area contributed by atoms with Crippen LogP contribution in [0.2, 0.25) is 0 Å². The fourth-order valence-electron chi connectivity index (χ4n) is 2.66. The maximum absolute atomic E-state index is 9.38. The van der Waals surface area contributed by atoms with Crippen LogP contribution in [0.25, 0.3) is 0 Å². The summed E-state index contributed by atoms with van der Waals surface area (Å²) in [6.07, 6.45) is 1.22. The Morgan fingerprint density at radius 3 is 2.67 bits per heavy atom. The normalized spacial score (nSPS) is 28.6. The number of nitrogens with one attached hydrogen (secondary N) is 1. The van der Waals surface area contributed by atoms with Gasteiger partial charge in [-0.25, -0.2) is 0 Å². The summed E-state index contributed by atoms with van der Waals surface area (Å²) < 4.78 is 0. The van der Waals surface area contributed by atoms with Gasteiger partial charge in [0.2, 0.25) is 0 Å². The first-order valence-corrected chi connectivity index (χ1v) is 5.99. The Balaban J connectivity index is 2.50. The van der Waals surface area contributed by atoms with Gasteiger partial charge in [-0.05, 0) is 31.3 Å². The number of aliphatic hydroxyl groups is 1. The number of rotatable bonds is 5. The molecule has 0 spiro atoms. The molecule has 0 aromatic rings. The fraction of sp³-hybridized carbons (Fsp3) is 1.00. The van der Waals surface area contributed by atoms with Crippen LogP contribution in [-0.4, -0.2) is 49.3 Å². The van der Waals surface area contributed by atoms with E-state index < -0.39 is 0 Å². The van der Waals surface area contributed by atoms with Crippen molar-refractivity contribution in [2.75, 3.05) is 33.3 Å². The Kier molecular flexibility index (Phi) is 4.56. The molecule has 1 saturated heterocycles. The summed E-state index contributed by atoms with van der Waals surface area (Å²) in [7, 11) is 2.00. The van der Waals surface area contributed by atoms with Crippen molar-refractivity contribution < 1.29 is 5.11 Å². The summed E-state index contributed by atoms with van der Waals surface area (Å²) in [4.78, 5) is 2.45. The third-order valence-electron chi connectivity index (χ3n) is 3.47. The Bertz CT molecular complexity index is 194. The van der Waals surface area contributed by atoms with E-state index in [1.165, 1.54) is 6.42 Å². The van der Waals surface area contributed by atoms with Gasteiger partial charge in [0.1, 0.15) is 0 Å². The van der Waals surface area contributed by atoms with Gasteiger partial charge < -0.3 is 10.4 Å². The molecule has 1 heterocycles. The smallest absolute Gasteiger partial charge is 0.0589 e. The molecule has 3 nitrogen and oxygen atoms in total. The summed E-state index contributed by atoms with van der Waals surface area (Å²) in [5.41, 5.74) is 0.284. The van der Waals surface area contributed by atoms with E-state index in [9.17, 15) is 5.11 Å². The number of hydrogen-bond donors (Lipinski definition) is 2. The topological polar surface area (TPSA) is 35.5 Å². The molecule has 0 radical (unpaired) electrons. The van der Waals surface area contributed by atoms with E-state index in [1.807, 2.05) is 7.05 Å². The fourth-order valence-corrected chi connectivity index (χ4v) is 2.66. The van der Waals surface area contributed by atoms with Crippen LogP contribution >= 0.6 is 0 Å². The highest BCUT2D eigenvalue weighted by molar-refractivity contribution is 4.87. The van der Waals surface area contributed by atoms with E-state index in [2.05, 4.69) is 31.0 Å². The van der Waals surface area contributed by atoms with E-state index in [0.29, 0.717) is 18.6 Å². The number of likely N-dealkylation sites (tertiary alicyclic amines) is 1. The van der Waals surface area contributed by atoms with Gasteiger partial charge in [-0.1, -0.05) is 20.8 Å². The Hall–Kier alpha value is -0.120. The molecular formula is C12H26N2O. The van der Waals surface area contributed by atoms with Crippen LogP contribution < -0.4 is 5.32 Å². The highest BCUT2D eigenvalue weighted by Crippen LogP contribution is 2.27. The van der Waals surface area contributed by atoms with Gasteiger partial charge in [-0.3, -0.25) is 4.90 Å². The molecule has 0 bridgehead atoms. The maximum atomic E-state index is 9.38. The molecule has 3 heteroatoms. The lowest BCUT2D eigenvalue weighted by atomic mass is 9.92. The predicted octanol–water partition coefficient (Wildman–Crippen LogP) is 0.935. The van der Waals surface area contributed by atoms with Gasteiger partial charge in [0.05, 0.1) is 6.61 Å². The van der Waals surface area contributed by atoms with Gasteiger partial charge in [-0.2, -0.15) is 0 Å². The van der Waals surface area contributed by atoms with Crippen LogP contribution in [0.5, 0.6) is 0 Å². The van der Waals surface area contributed by atoms with Crippen molar-refractivity contribution in [3.05, 3.63) is 0 Å². The Labute approximate surface area is 93.9 Å². The molecule has 0 amide bonds. The van der Waals surface area contributed by atoms with Crippen LogP contribution in [0.1, 0.15) is 27.2 Å². The van der Waals surface area contributed by atoms with Crippen molar-refractivity contribution in [3.8, 4) is 0 Å². The zero-order valence-electron chi connectivity index (χ0n) is 10.6.